The van der Waals surface area contributed by atoms with Crippen LogP contribution in [0.5, 0.6) is 5.75 Å². The second-order valence-corrected chi connectivity index (χ2v) is 8.24. The van der Waals surface area contributed by atoms with E-state index in [4.69, 9.17) is 5.10 Å². The number of aromatic nitrogens is 2. The molecule has 0 bridgehead atoms. The van der Waals surface area contributed by atoms with E-state index in [0.29, 0.717) is 41.0 Å². The number of carboxylic acids is 1. The Balaban J connectivity index is 1.72. The van der Waals surface area contributed by atoms with Crippen molar-refractivity contribution in [2.75, 3.05) is 7.05 Å². The fourth-order valence-electron chi connectivity index (χ4n) is 4.55. The van der Waals surface area contributed by atoms with Crippen molar-refractivity contribution in [1.82, 2.24) is 14.7 Å². The zero-order valence-corrected chi connectivity index (χ0v) is 18.0. The number of fused-ring (bicyclic) bond motifs is 1. The third kappa shape index (κ3) is 3.66. The van der Waals surface area contributed by atoms with Crippen LogP contribution >= 0.6 is 0 Å². The summed E-state index contributed by atoms with van der Waals surface area (Å²) in [5.41, 5.74) is 4.62. The van der Waals surface area contributed by atoms with Crippen molar-refractivity contribution in [2.24, 2.45) is 0 Å². The van der Waals surface area contributed by atoms with Crippen molar-refractivity contribution in [3.05, 3.63) is 94.9 Å². The molecule has 4 aromatic rings. The van der Waals surface area contributed by atoms with Gasteiger partial charge in [-0.2, -0.15) is 5.10 Å². The molecule has 3 aromatic carbocycles. The average molecular weight is 443 g/mol. The van der Waals surface area contributed by atoms with Crippen molar-refractivity contribution in [3.63, 3.8) is 0 Å². The summed E-state index contributed by atoms with van der Waals surface area (Å²) in [6.45, 7) is 1.38. The van der Waals surface area contributed by atoms with E-state index >= 15 is 0 Å². The molecule has 1 aromatic heterocycles. The Morgan fingerprint density at radius 1 is 0.970 bits per heavy atom. The van der Waals surface area contributed by atoms with Gasteiger partial charge in [-0.1, -0.05) is 42.5 Å². The molecule has 0 amide bonds. The largest absolute Gasteiger partial charge is 0.507 e. The molecule has 166 valence electrons. The van der Waals surface area contributed by atoms with Gasteiger partial charge in [-0.3, -0.25) is 9.58 Å². The van der Waals surface area contributed by atoms with Gasteiger partial charge in [0.1, 0.15) is 11.6 Å². The van der Waals surface area contributed by atoms with Crippen molar-refractivity contribution >= 4 is 5.97 Å². The Bertz CT molecular complexity index is 1380. The second kappa shape index (κ2) is 8.18. The summed E-state index contributed by atoms with van der Waals surface area (Å²) in [6.07, 6.45) is 0. The molecule has 7 heteroatoms. The maximum Gasteiger partial charge on any atom is 0.336 e. The van der Waals surface area contributed by atoms with Crippen LogP contribution in [0, 0.1) is 5.82 Å². The van der Waals surface area contributed by atoms with Gasteiger partial charge in [-0.05, 0) is 42.4 Å². The van der Waals surface area contributed by atoms with Crippen LogP contribution in [0.4, 0.5) is 4.39 Å². The summed E-state index contributed by atoms with van der Waals surface area (Å²) < 4.78 is 16.6. The highest BCUT2D eigenvalue weighted by molar-refractivity contribution is 5.92. The number of hydrogen-bond acceptors (Lipinski definition) is 4. The van der Waals surface area contributed by atoms with Crippen LogP contribution in [0.25, 0.3) is 22.4 Å². The highest BCUT2D eigenvalue weighted by Gasteiger charge is 2.28. The lowest BCUT2D eigenvalue weighted by atomic mass is 9.94. The number of aromatic hydroxyl groups is 1. The molecule has 0 unspecified atom stereocenters. The SMILES string of the molecule is CN1Cc2nn(Cc3c(C(=O)O)cccc3-c3ccccc3O)c(-c3ccccc3F)c2C1. The first-order valence-corrected chi connectivity index (χ1v) is 10.6. The smallest absolute Gasteiger partial charge is 0.336 e. The molecule has 1 aliphatic heterocycles. The number of halogens is 1. The Labute approximate surface area is 190 Å². The molecule has 6 nitrogen and oxygen atoms in total. The van der Waals surface area contributed by atoms with Crippen molar-refractivity contribution in [3.8, 4) is 28.1 Å². The normalized spacial score (nSPS) is 13.3. The summed E-state index contributed by atoms with van der Waals surface area (Å²) in [6, 6.07) is 18.3. The van der Waals surface area contributed by atoms with Crippen LogP contribution in [0.1, 0.15) is 27.2 Å². The van der Waals surface area contributed by atoms with Gasteiger partial charge < -0.3 is 10.2 Å². The van der Waals surface area contributed by atoms with Gasteiger partial charge in [0.15, 0.2) is 0 Å². The number of benzene rings is 3. The maximum atomic E-state index is 14.9. The van der Waals surface area contributed by atoms with Crippen LogP contribution in [0.3, 0.4) is 0 Å². The zero-order valence-electron chi connectivity index (χ0n) is 18.0. The number of nitrogens with zero attached hydrogens (tertiary/aromatic N) is 3. The lowest BCUT2D eigenvalue weighted by Crippen LogP contribution is -2.15. The van der Waals surface area contributed by atoms with Crippen LogP contribution < -0.4 is 0 Å². The number of hydrogen-bond donors (Lipinski definition) is 2. The van der Waals surface area contributed by atoms with Crippen LogP contribution in [-0.2, 0) is 19.6 Å². The minimum atomic E-state index is -1.07. The minimum absolute atomic E-state index is 0.0557. The predicted octanol–water partition coefficient (Wildman–Crippen LogP) is 4.75. The van der Waals surface area contributed by atoms with Crippen LogP contribution in [-0.4, -0.2) is 37.9 Å². The number of para-hydroxylation sites is 1. The van der Waals surface area contributed by atoms with Crippen LogP contribution in [0.2, 0.25) is 0 Å². The fraction of sp³-hybridized carbons (Fsp3) is 0.154. The number of carboxylic acid groups (broad SMARTS) is 1. The molecule has 1 aliphatic rings. The molecule has 0 aliphatic carbocycles. The Morgan fingerprint density at radius 2 is 1.67 bits per heavy atom. The van der Waals surface area contributed by atoms with Gasteiger partial charge in [-0.25, -0.2) is 9.18 Å². The summed E-state index contributed by atoms with van der Waals surface area (Å²) in [4.78, 5) is 14.2. The number of aromatic carboxylic acids is 1. The summed E-state index contributed by atoms with van der Waals surface area (Å²) >= 11 is 0. The molecule has 0 fully saturated rings. The van der Waals surface area contributed by atoms with E-state index in [2.05, 4.69) is 4.90 Å². The summed E-state index contributed by atoms with van der Waals surface area (Å²) in [5.74, 6) is -1.38. The lowest BCUT2D eigenvalue weighted by Gasteiger charge is -2.17. The number of phenols is 1. The molecule has 33 heavy (non-hydrogen) atoms. The first-order chi connectivity index (χ1) is 15.9. The molecule has 0 saturated carbocycles. The van der Waals surface area contributed by atoms with Crippen molar-refractivity contribution in [2.45, 2.75) is 19.6 Å². The van der Waals surface area contributed by atoms with Gasteiger partial charge in [-0.15, -0.1) is 0 Å². The number of phenolic OH excluding ortho intramolecular Hbond substituents is 1. The monoisotopic (exact) mass is 443 g/mol. The molecule has 0 saturated heterocycles. The van der Waals surface area contributed by atoms with E-state index in [1.165, 1.54) is 12.1 Å². The quantitative estimate of drug-likeness (QED) is 0.465. The molecular formula is C26H22FN3O3. The van der Waals surface area contributed by atoms with Crippen LogP contribution in [0.15, 0.2) is 66.7 Å². The highest BCUT2D eigenvalue weighted by atomic mass is 19.1. The molecule has 5 rings (SSSR count). The van der Waals surface area contributed by atoms with E-state index in [9.17, 15) is 19.4 Å². The molecule has 2 heterocycles. The molecular weight excluding hydrogens is 421 g/mol. The molecule has 0 radical (unpaired) electrons. The maximum absolute atomic E-state index is 14.9. The topological polar surface area (TPSA) is 78.6 Å². The standard InChI is InChI=1S/C26H22FN3O3/c1-29-13-21-23(15-29)28-30(25(21)19-8-2-4-11-22(19)27)14-20-16(9-6-10-18(20)26(32)33)17-7-3-5-12-24(17)31/h2-12,31H,13-15H2,1H3,(H,32,33). The summed E-state index contributed by atoms with van der Waals surface area (Å²) in [7, 11) is 1.98. The van der Waals surface area contributed by atoms with E-state index in [-0.39, 0.29) is 23.7 Å². The Kier molecular flexibility index (Phi) is 5.18. The second-order valence-electron chi connectivity index (χ2n) is 8.24. The summed E-state index contributed by atoms with van der Waals surface area (Å²) in [5, 5.41) is 25.1. The first-order valence-electron chi connectivity index (χ1n) is 10.6. The molecule has 0 atom stereocenters. The van der Waals surface area contributed by atoms with Crippen molar-refractivity contribution < 1.29 is 19.4 Å². The third-order valence-corrected chi connectivity index (χ3v) is 6.02. The Morgan fingerprint density at radius 3 is 2.39 bits per heavy atom. The third-order valence-electron chi connectivity index (χ3n) is 6.02. The van der Waals surface area contributed by atoms with Gasteiger partial charge in [0.05, 0.1) is 23.5 Å². The highest BCUT2D eigenvalue weighted by Crippen LogP contribution is 2.37. The lowest BCUT2D eigenvalue weighted by molar-refractivity contribution is 0.0695. The number of carbonyl (C=O) groups is 1. The molecule has 2 N–H and O–H groups in total. The van der Waals surface area contributed by atoms with E-state index < -0.39 is 5.97 Å². The first kappa shape index (κ1) is 20.9. The van der Waals surface area contributed by atoms with Gasteiger partial charge in [0.25, 0.3) is 0 Å². The zero-order chi connectivity index (χ0) is 23.1. The average Bonchev–Trinajstić information content (AvgIpc) is 3.30. The van der Waals surface area contributed by atoms with Gasteiger partial charge in [0.2, 0.25) is 0 Å². The number of rotatable bonds is 5. The van der Waals surface area contributed by atoms with E-state index in [0.717, 1.165) is 11.3 Å². The van der Waals surface area contributed by atoms with Gasteiger partial charge >= 0.3 is 5.97 Å². The van der Waals surface area contributed by atoms with E-state index in [1.54, 1.807) is 59.3 Å². The van der Waals surface area contributed by atoms with Gasteiger partial charge in [0, 0.05) is 29.8 Å². The minimum Gasteiger partial charge on any atom is -0.507 e. The molecule has 0 spiro atoms. The van der Waals surface area contributed by atoms with E-state index in [1.807, 2.05) is 7.05 Å². The van der Waals surface area contributed by atoms with Crippen molar-refractivity contribution in [1.29, 1.82) is 0 Å². The Hall–Kier alpha value is -3.97. The fourth-order valence-corrected chi connectivity index (χ4v) is 4.55. The predicted molar refractivity (Wildman–Crippen MR) is 122 cm³/mol.